The Labute approximate surface area is 116 Å². The number of hydrogen-bond acceptors (Lipinski definition) is 5. The van der Waals surface area contributed by atoms with Gasteiger partial charge in [-0.1, -0.05) is 6.07 Å². The molecule has 0 unspecified atom stereocenters. The molecule has 0 aliphatic heterocycles. The number of para-hydroxylation sites is 1. The second-order valence-corrected chi connectivity index (χ2v) is 5.31. The monoisotopic (exact) mass is 335 g/mol. The summed E-state index contributed by atoms with van der Waals surface area (Å²) < 4.78 is 7.11. The molecule has 1 amide bonds. The molecule has 4 nitrogen and oxygen atoms in total. The van der Waals surface area contributed by atoms with E-state index >= 15 is 0 Å². The molecule has 7 heteroatoms. The van der Waals surface area contributed by atoms with E-state index in [0.717, 1.165) is 0 Å². The minimum atomic E-state index is -0.528. The van der Waals surface area contributed by atoms with Crippen LogP contribution in [-0.2, 0) is 0 Å². The molecule has 0 aliphatic carbocycles. The number of ether oxygens (including phenoxy) is 1. The van der Waals surface area contributed by atoms with Gasteiger partial charge in [-0.3, -0.25) is 4.79 Å². The zero-order valence-electron chi connectivity index (χ0n) is 9.18. The van der Waals surface area contributed by atoms with Gasteiger partial charge in [0.05, 0.1) is 10.0 Å². The molecule has 0 heterocycles. The van der Waals surface area contributed by atoms with Crippen LogP contribution in [-0.4, -0.2) is 28.6 Å². The number of aldehydes is 1. The number of halogens is 1. The SMILES string of the molecule is CSN(SC)C(=O)Oc1c(Br)cccc1C=O. The first-order valence-electron chi connectivity index (χ1n) is 4.48. The van der Waals surface area contributed by atoms with Crippen LogP contribution in [0.2, 0.25) is 0 Å². The maximum absolute atomic E-state index is 11.7. The van der Waals surface area contributed by atoms with Crippen molar-refractivity contribution in [1.82, 2.24) is 3.71 Å². The quantitative estimate of drug-likeness (QED) is 0.621. The molecule has 92 valence electrons. The number of carbonyl (C=O) groups is 2. The third kappa shape index (κ3) is 3.65. The summed E-state index contributed by atoms with van der Waals surface area (Å²) >= 11 is 5.71. The summed E-state index contributed by atoms with van der Waals surface area (Å²) in [6.45, 7) is 0. The lowest BCUT2D eigenvalue weighted by Crippen LogP contribution is -2.21. The second-order valence-electron chi connectivity index (χ2n) is 2.77. The van der Waals surface area contributed by atoms with Crippen molar-refractivity contribution in [3.63, 3.8) is 0 Å². The summed E-state index contributed by atoms with van der Waals surface area (Å²) in [7, 11) is 0. The van der Waals surface area contributed by atoms with Gasteiger partial charge in [0.1, 0.15) is 0 Å². The molecule has 0 aromatic heterocycles. The van der Waals surface area contributed by atoms with E-state index in [2.05, 4.69) is 15.9 Å². The Morgan fingerprint density at radius 2 is 2.06 bits per heavy atom. The van der Waals surface area contributed by atoms with Gasteiger partial charge in [-0.2, -0.15) is 3.71 Å². The van der Waals surface area contributed by atoms with Crippen molar-refractivity contribution in [2.24, 2.45) is 0 Å². The molecule has 1 rings (SSSR count). The van der Waals surface area contributed by atoms with Crippen LogP contribution in [0.4, 0.5) is 4.79 Å². The minimum absolute atomic E-state index is 0.237. The Hall–Kier alpha value is -0.660. The third-order valence-corrected chi connectivity index (χ3v) is 4.27. The molecule has 0 saturated carbocycles. The minimum Gasteiger partial charge on any atom is -0.407 e. The highest BCUT2D eigenvalue weighted by atomic mass is 79.9. The first kappa shape index (κ1) is 14.4. The van der Waals surface area contributed by atoms with E-state index in [9.17, 15) is 9.59 Å². The van der Waals surface area contributed by atoms with E-state index < -0.39 is 6.09 Å². The van der Waals surface area contributed by atoms with Gasteiger partial charge in [0.25, 0.3) is 0 Å². The normalized spacial score (nSPS) is 9.82. The molecule has 1 aromatic carbocycles. The van der Waals surface area contributed by atoms with Crippen molar-refractivity contribution in [2.75, 3.05) is 12.5 Å². The van der Waals surface area contributed by atoms with Crippen molar-refractivity contribution < 1.29 is 14.3 Å². The maximum Gasteiger partial charge on any atom is 0.435 e. The van der Waals surface area contributed by atoms with Crippen molar-refractivity contribution in [1.29, 1.82) is 0 Å². The van der Waals surface area contributed by atoms with E-state index in [1.165, 1.54) is 27.6 Å². The molecule has 17 heavy (non-hydrogen) atoms. The molecule has 0 aliphatic rings. The second kappa shape index (κ2) is 6.93. The van der Waals surface area contributed by atoms with Crippen LogP contribution in [0.5, 0.6) is 5.75 Å². The van der Waals surface area contributed by atoms with Crippen molar-refractivity contribution in [3.05, 3.63) is 28.2 Å². The van der Waals surface area contributed by atoms with Gasteiger partial charge in [-0.05, 0) is 52.0 Å². The van der Waals surface area contributed by atoms with E-state index in [1.807, 2.05) is 0 Å². The first-order chi connectivity index (χ1) is 8.13. The smallest absolute Gasteiger partial charge is 0.407 e. The van der Waals surface area contributed by atoms with Crippen LogP contribution < -0.4 is 4.74 Å². The number of amides is 1. The van der Waals surface area contributed by atoms with Gasteiger partial charge < -0.3 is 4.74 Å². The predicted octanol–water partition coefficient (Wildman–Crippen LogP) is 3.62. The summed E-state index contributed by atoms with van der Waals surface area (Å²) in [6.07, 6.45) is 3.65. The summed E-state index contributed by atoms with van der Waals surface area (Å²) in [4.78, 5) is 22.6. The summed E-state index contributed by atoms with van der Waals surface area (Å²) in [5, 5.41) is 0. The number of hydrogen-bond donors (Lipinski definition) is 0. The Morgan fingerprint density at radius 1 is 1.41 bits per heavy atom. The number of rotatable bonds is 4. The van der Waals surface area contributed by atoms with E-state index in [4.69, 9.17) is 4.74 Å². The van der Waals surface area contributed by atoms with Crippen LogP contribution in [0, 0.1) is 0 Å². The Kier molecular flexibility index (Phi) is 5.87. The molecule has 0 atom stereocenters. The molecule has 1 aromatic rings. The van der Waals surface area contributed by atoms with Gasteiger partial charge in [0.2, 0.25) is 0 Å². The van der Waals surface area contributed by atoms with Gasteiger partial charge in [0.15, 0.2) is 12.0 Å². The standard InChI is InChI=1S/C10H10BrNO3S2/c1-16-12(17-2)10(14)15-9-7(6-13)4-3-5-8(9)11/h3-6H,1-2H3. The lowest BCUT2D eigenvalue weighted by atomic mass is 10.2. The summed E-state index contributed by atoms with van der Waals surface area (Å²) in [5.41, 5.74) is 0.329. The van der Waals surface area contributed by atoms with Gasteiger partial charge in [-0.15, -0.1) is 0 Å². The lowest BCUT2D eigenvalue weighted by Gasteiger charge is -2.16. The molecular weight excluding hydrogens is 326 g/mol. The number of carbonyl (C=O) groups excluding carboxylic acids is 2. The Bertz CT molecular complexity index is 424. The van der Waals surface area contributed by atoms with E-state index in [1.54, 1.807) is 30.7 Å². The zero-order chi connectivity index (χ0) is 12.8. The summed E-state index contributed by atoms with van der Waals surface area (Å²) in [5.74, 6) is 0.237. The van der Waals surface area contributed by atoms with Crippen LogP contribution in [0.15, 0.2) is 22.7 Å². The maximum atomic E-state index is 11.7. The molecule has 0 N–H and O–H groups in total. The van der Waals surface area contributed by atoms with Crippen molar-refractivity contribution >= 4 is 52.2 Å². The highest BCUT2D eigenvalue weighted by Crippen LogP contribution is 2.30. The van der Waals surface area contributed by atoms with Crippen molar-refractivity contribution in [2.45, 2.75) is 0 Å². The Morgan fingerprint density at radius 3 is 2.59 bits per heavy atom. The number of benzene rings is 1. The van der Waals surface area contributed by atoms with E-state index in [-0.39, 0.29) is 5.75 Å². The average Bonchev–Trinajstić information content (AvgIpc) is 2.33. The number of nitrogens with zero attached hydrogens (tertiary/aromatic N) is 1. The first-order valence-corrected chi connectivity index (χ1v) is 7.63. The molecule has 0 radical (unpaired) electrons. The Balaban J connectivity index is 2.94. The van der Waals surface area contributed by atoms with Gasteiger partial charge >= 0.3 is 6.09 Å². The fourth-order valence-corrected chi connectivity index (χ4v) is 2.51. The average molecular weight is 336 g/mol. The zero-order valence-corrected chi connectivity index (χ0v) is 12.4. The summed E-state index contributed by atoms with van der Waals surface area (Å²) in [6, 6.07) is 4.99. The van der Waals surface area contributed by atoms with Crippen LogP contribution in [0.25, 0.3) is 0 Å². The molecule has 0 bridgehead atoms. The van der Waals surface area contributed by atoms with Gasteiger partial charge in [-0.25, -0.2) is 4.79 Å². The van der Waals surface area contributed by atoms with Crippen molar-refractivity contribution in [3.8, 4) is 5.75 Å². The molecule has 0 spiro atoms. The van der Waals surface area contributed by atoms with Crippen LogP contribution in [0.3, 0.4) is 0 Å². The lowest BCUT2D eigenvalue weighted by molar-refractivity contribution is 0.112. The molecule has 0 saturated heterocycles. The highest BCUT2D eigenvalue weighted by Gasteiger charge is 2.18. The topological polar surface area (TPSA) is 46.6 Å². The van der Waals surface area contributed by atoms with Gasteiger partial charge in [0, 0.05) is 12.5 Å². The van der Waals surface area contributed by atoms with E-state index in [0.29, 0.717) is 16.3 Å². The van der Waals surface area contributed by atoms with Crippen LogP contribution >= 0.6 is 39.8 Å². The fourth-order valence-electron chi connectivity index (χ4n) is 1.07. The largest absolute Gasteiger partial charge is 0.435 e. The molecule has 0 fully saturated rings. The molecular formula is C10H10BrNO3S2. The highest BCUT2D eigenvalue weighted by molar-refractivity contribution is 9.10. The third-order valence-electron chi connectivity index (χ3n) is 1.79. The predicted molar refractivity (Wildman–Crippen MR) is 74.4 cm³/mol. The fraction of sp³-hybridized carbons (Fsp3) is 0.200. The van der Waals surface area contributed by atoms with Crippen LogP contribution in [0.1, 0.15) is 10.4 Å².